The molecule has 0 bridgehead atoms. The van der Waals surface area contributed by atoms with Crippen LogP contribution in [0.15, 0.2) is 40.2 Å². The van der Waals surface area contributed by atoms with Gasteiger partial charge in [0.15, 0.2) is 5.65 Å². The van der Waals surface area contributed by atoms with Crippen LogP contribution >= 0.6 is 11.6 Å². The molecular formula is C29H32ClN7O4. The Morgan fingerprint density at radius 3 is 2.49 bits per heavy atom. The second-order valence-corrected chi connectivity index (χ2v) is 11.3. The maximum Gasteiger partial charge on any atom is 0.407 e. The zero-order valence-corrected chi connectivity index (χ0v) is 24.6. The summed E-state index contributed by atoms with van der Waals surface area (Å²) in [4.78, 5) is 55.3. The van der Waals surface area contributed by atoms with Crippen molar-refractivity contribution < 1.29 is 9.90 Å². The summed E-state index contributed by atoms with van der Waals surface area (Å²) in [6.07, 6.45) is 2.40. The van der Waals surface area contributed by atoms with Gasteiger partial charge in [-0.25, -0.2) is 19.1 Å². The summed E-state index contributed by atoms with van der Waals surface area (Å²) in [5.74, 6) is 0.401. The maximum absolute atomic E-state index is 14.0. The number of pyridine rings is 3. The Balaban J connectivity index is 1.85. The van der Waals surface area contributed by atoms with Gasteiger partial charge in [-0.3, -0.25) is 9.78 Å². The molecule has 12 heteroatoms. The van der Waals surface area contributed by atoms with E-state index in [0.717, 1.165) is 11.3 Å². The third-order valence-electron chi connectivity index (χ3n) is 7.53. The van der Waals surface area contributed by atoms with Crippen molar-refractivity contribution in [2.45, 2.75) is 46.6 Å². The lowest BCUT2D eigenvalue weighted by atomic mass is 10.0. The summed E-state index contributed by atoms with van der Waals surface area (Å²) in [6, 6.07) is 5.07. The van der Waals surface area contributed by atoms with Crippen LogP contribution in [0.4, 0.5) is 10.6 Å². The number of halogens is 1. The van der Waals surface area contributed by atoms with Crippen molar-refractivity contribution in [1.82, 2.24) is 29.0 Å². The van der Waals surface area contributed by atoms with Gasteiger partial charge in [0.25, 0.3) is 5.56 Å². The van der Waals surface area contributed by atoms with E-state index in [1.165, 1.54) is 14.0 Å². The molecule has 1 N–H and O–H groups in total. The third-order valence-corrected chi connectivity index (χ3v) is 7.82. The van der Waals surface area contributed by atoms with Crippen LogP contribution in [0.1, 0.15) is 43.5 Å². The van der Waals surface area contributed by atoms with Crippen molar-refractivity contribution in [2.75, 3.05) is 24.5 Å². The first kappa shape index (κ1) is 28.3. The predicted molar refractivity (Wildman–Crippen MR) is 159 cm³/mol. The summed E-state index contributed by atoms with van der Waals surface area (Å²) < 4.78 is 2.97. The summed E-state index contributed by atoms with van der Waals surface area (Å²) in [7, 11) is 1.66. The number of rotatable bonds is 4. The summed E-state index contributed by atoms with van der Waals surface area (Å²) in [5, 5.41) is 10.4. The standard InChI is InChI=1S/C29H32ClN7O4/c1-15(2)22-24(16(3)7-8-31-22)37-26-20(12-21(30)23(32-26)19-11-17(4)27(38)34(6)14-19)25(33-28(37)39)36-10-9-35(29(40)41)13-18(36)5/h7-8,11-12,14-15,18H,9-10,13H2,1-6H3,(H,40,41). The van der Waals surface area contributed by atoms with E-state index in [0.29, 0.717) is 50.9 Å². The number of carbonyl (C=O) groups is 1. The highest BCUT2D eigenvalue weighted by molar-refractivity contribution is 6.33. The van der Waals surface area contributed by atoms with E-state index in [1.54, 1.807) is 38.5 Å². The van der Waals surface area contributed by atoms with Gasteiger partial charge in [0, 0.05) is 56.2 Å². The Bertz CT molecular complexity index is 1790. The van der Waals surface area contributed by atoms with E-state index in [2.05, 4.69) is 9.97 Å². The van der Waals surface area contributed by atoms with E-state index in [9.17, 15) is 19.5 Å². The zero-order chi connectivity index (χ0) is 29.7. The normalized spacial score (nSPS) is 15.7. The van der Waals surface area contributed by atoms with Crippen LogP contribution in [0.5, 0.6) is 0 Å². The molecule has 1 atom stereocenters. The quantitative estimate of drug-likeness (QED) is 0.384. The second-order valence-electron chi connectivity index (χ2n) is 10.9. The van der Waals surface area contributed by atoms with Crippen LogP contribution in [0.2, 0.25) is 5.02 Å². The Morgan fingerprint density at radius 2 is 1.85 bits per heavy atom. The number of hydrogen-bond acceptors (Lipinski definition) is 7. The number of anilines is 1. The summed E-state index contributed by atoms with van der Waals surface area (Å²) >= 11 is 6.86. The molecule has 1 saturated heterocycles. The van der Waals surface area contributed by atoms with E-state index >= 15 is 0 Å². The largest absolute Gasteiger partial charge is 0.465 e. The van der Waals surface area contributed by atoms with Gasteiger partial charge >= 0.3 is 11.8 Å². The maximum atomic E-state index is 14.0. The highest BCUT2D eigenvalue weighted by Crippen LogP contribution is 2.35. The highest BCUT2D eigenvalue weighted by Gasteiger charge is 2.31. The molecule has 11 nitrogen and oxygen atoms in total. The first-order valence-electron chi connectivity index (χ1n) is 13.4. The second kappa shape index (κ2) is 10.6. The van der Waals surface area contributed by atoms with Crippen molar-refractivity contribution in [2.24, 2.45) is 7.05 Å². The molecule has 5 rings (SSSR count). The SMILES string of the molecule is Cc1ccnc(C(C)C)c1-n1c(=O)nc(N2CCN(C(=O)O)CC2C)c2cc(Cl)c(-c3cc(C)c(=O)n(C)c3)nc21. The van der Waals surface area contributed by atoms with Gasteiger partial charge in [-0.2, -0.15) is 4.98 Å². The number of aromatic nitrogens is 5. The van der Waals surface area contributed by atoms with E-state index in [4.69, 9.17) is 16.6 Å². The van der Waals surface area contributed by atoms with Crippen LogP contribution in [0, 0.1) is 13.8 Å². The highest BCUT2D eigenvalue weighted by atomic mass is 35.5. The molecule has 0 radical (unpaired) electrons. The number of hydrogen-bond donors (Lipinski definition) is 1. The third kappa shape index (κ3) is 4.94. The number of piperazine rings is 1. The molecule has 1 unspecified atom stereocenters. The fourth-order valence-electron chi connectivity index (χ4n) is 5.47. The number of carboxylic acid groups (broad SMARTS) is 1. The molecule has 1 aliphatic rings. The van der Waals surface area contributed by atoms with Crippen molar-refractivity contribution >= 4 is 34.5 Å². The summed E-state index contributed by atoms with van der Waals surface area (Å²) in [6.45, 7) is 10.4. The average molecular weight is 578 g/mol. The van der Waals surface area contributed by atoms with Gasteiger partial charge in [-0.05, 0) is 50.5 Å². The lowest BCUT2D eigenvalue weighted by Gasteiger charge is -2.39. The van der Waals surface area contributed by atoms with Crippen molar-refractivity contribution in [3.63, 3.8) is 0 Å². The minimum Gasteiger partial charge on any atom is -0.465 e. The van der Waals surface area contributed by atoms with Gasteiger partial charge in [-0.1, -0.05) is 25.4 Å². The van der Waals surface area contributed by atoms with Gasteiger partial charge in [0.1, 0.15) is 5.82 Å². The molecule has 214 valence electrons. The Labute approximate surface area is 241 Å². The fraction of sp³-hybridized carbons (Fsp3) is 0.379. The molecule has 1 fully saturated rings. The zero-order valence-electron chi connectivity index (χ0n) is 23.8. The van der Waals surface area contributed by atoms with Crippen LogP contribution in [-0.4, -0.2) is 65.9 Å². The van der Waals surface area contributed by atoms with Gasteiger partial charge < -0.3 is 19.5 Å². The minimum atomic E-state index is -0.986. The van der Waals surface area contributed by atoms with Crippen molar-refractivity contribution in [3.05, 3.63) is 73.3 Å². The lowest BCUT2D eigenvalue weighted by molar-refractivity contribution is 0.136. The first-order valence-corrected chi connectivity index (χ1v) is 13.8. The first-order chi connectivity index (χ1) is 19.4. The molecule has 4 aromatic rings. The summed E-state index contributed by atoms with van der Waals surface area (Å²) in [5.41, 5.74) is 3.43. The van der Waals surface area contributed by atoms with Crippen LogP contribution < -0.4 is 16.1 Å². The van der Waals surface area contributed by atoms with Crippen molar-refractivity contribution in [1.29, 1.82) is 0 Å². The molecule has 1 aliphatic heterocycles. The molecule has 0 saturated carbocycles. The van der Waals surface area contributed by atoms with Gasteiger partial charge in [-0.15, -0.1) is 0 Å². The van der Waals surface area contributed by atoms with Crippen LogP contribution in [0.25, 0.3) is 28.0 Å². The minimum absolute atomic E-state index is 0.00807. The van der Waals surface area contributed by atoms with E-state index < -0.39 is 11.8 Å². The monoisotopic (exact) mass is 577 g/mol. The average Bonchev–Trinajstić information content (AvgIpc) is 2.91. The van der Waals surface area contributed by atoms with Crippen LogP contribution in [-0.2, 0) is 7.05 Å². The smallest absolute Gasteiger partial charge is 0.407 e. The Hall–Kier alpha value is -4.25. The number of amides is 1. The molecule has 0 aromatic carbocycles. The number of aryl methyl sites for hydroxylation is 3. The Morgan fingerprint density at radius 1 is 1.12 bits per heavy atom. The van der Waals surface area contributed by atoms with Gasteiger partial charge in [0.05, 0.1) is 27.5 Å². The molecule has 0 spiro atoms. The van der Waals surface area contributed by atoms with E-state index in [-0.39, 0.29) is 30.6 Å². The fourth-order valence-corrected chi connectivity index (χ4v) is 5.73. The van der Waals surface area contributed by atoms with Gasteiger partial charge in [0.2, 0.25) is 0 Å². The number of nitrogens with zero attached hydrogens (tertiary/aromatic N) is 7. The van der Waals surface area contributed by atoms with Crippen LogP contribution in [0.3, 0.4) is 0 Å². The molecule has 0 aliphatic carbocycles. The predicted octanol–water partition coefficient (Wildman–Crippen LogP) is 4.12. The Kier molecular flexibility index (Phi) is 7.33. The number of fused-ring (bicyclic) bond motifs is 1. The molecule has 5 heterocycles. The lowest BCUT2D eigenvalue weighted by Crippen LogP contribution is -2.54. The molecular weight excluding hydrogens is 546 g/mol. The molecule has 1 amide bonds. The molecule has 41 heavy (non-hydrogen) atoms. The van der Waals surface area contributed by atoms with Crippen molar-refractivity contribution in [3.8, 4) is 16.9 Å². The topological polar surface area (TPSA) is 126 Å². The van der Waals surface area contributed by atoms with E-state index in [1.807, 2.05) is 38.7 Å². The molecule has 4 aromatic heterocycles.